The van der Waals surface area contributed by atoms with Crippen LogP contribution in [0.3, 0.4) is 0 Å². The first kappa shape index (κ1) is 17.5. The van der Waals surface area contributed by atoms with Crippen molar-refractivity contribution >= 4 is 23.8 Å². The summed E-state index contributed by atoms with van der Waals surface area (Å²) in [5.74, 6) is -6.85. The van der Waals surface area contributed by atoms with E-state index in [9.17, 15) is 26.3 Å². The van der Waals surface area contributed by atoms with Gasteiger partial charge in [-0.3, -0.25) is 0 Å². The van der Waals surface area contributed by atoms with Crippen LogP contribution < -0.4 is 15.9 Å². The fourth-order valence-corrected chi connectivity index (χ4v) is 4.84. The van der Waals surface area contributed by atoms with Gasteiger partial charge in [0.25, 0.3) is 0 Å². The summed E-state index contributed by atoms with van der Waals surface area (Å²) < 4.78 is 85.7. The number of hydrogen-bond donors (Lipinski definition) is 0. The predicted molar refractivity (Wildman–Crippen MR) is 84.9 cm³/mol. The Bertz CT molecular complexity index is 758. The first-order chi connectivity index (χ1) is 11.9. The second-order valence-electron chi connectivity index (χ2n) is 5.05. The van der Waals surface area contributed by atoms with E-state index in [1.165, 1.54) is 0 Å². The van der Waals surface area contributed by atoms with Gasteiger partial charge in [0.2, 0.25) is 0 Å². The summed E-state index contributed by atoms with van der Waals surface area (Å²) in [6.45, 7) is 0. The highest BCUT2D eigenvalue weighted by molar-refractivity contribution is 7.79. The third kappa shape index (κ3) is 3.14. The Kier molecular flexibility index (Phi) is 4.82. The van der Waals surface area contributed by atoms with Gasteiger partial charge in [-0.2, -0.15) is 0 Å². The van der Waals surface area contributed by atoms with Crippen LogP contribution in [0.25, 0.3) is 0 Å². The molecule has 0 amide bonds. The molecule has 0 aliphatic rings. The van der Waals surface area contributed by atoms with Gasteiger partial charge in [-0.05, 0) is 36.4 Å². The lowest BCUT2D eigenvalue weighted by molar-refractivity contribution is 0.592. The maximum absolute atomic E-state index is 14.3. The van der Waals surface area contributed by atoms with Crippen molar-refractivity contribution < 1.29 is 26.3 Å². The summed E-state index contributed by atoms with van der Waals surface area (Å²) in [7, 11) is -2.82. The highest BCUT2D eigenvalue weighted by atomic mass is 31.1. The van der Waals surface area contributed by atoms with E-state index in [4.69, 9.17) is 0 Å². The Morgan fingerprint density at radius 3 is 0.800 bits per heavy atom. The summed E-state index contributed by atoms with van der Waals surface area (Å²) in [5.41, 5.74) is 0. The molecule has 0 bridgehead atoms. The van der Waals surface area contributed by atoms with E-state index in [0.717, 1.165) is 54.6 Å². The normalized spacial score (nSPS) is 11.2. The maximum atomic E-state index is 14.3. The van der Waals surface area contributed by atoms with Crippen molar-refractivity contribution in [3.05, 3.63) is 89.5 Å². The van der Waals surface area contributed by atoms with Crippen LogP contribution in [0.4, 0.5) is 26.3 Å². The van der Waals surface area contributed by atoms with Crippen LogP contribution in [0, 0.1) is 34.9 Å². The van der Waals surface area contributed by atoms with Crippen molar-refractivity contribution in [2.75, 3.05) is 0 Å². The van der Waals surface area contributed by atoms with E-state index in [0.29, 0.717) is 0 Å². The van der Waals surface area contributed by atoms with Crippen molar-refractivity contribution in [2.24, 2.45) is 0 Å². The maximum Gasteiger partial charge on any atom is 0.134 e. The molecule has 0 aliphatic heterocycles. The smallest absolute Gasteiger partial charge is 0.134 e. The third-order valence-corrected chi connectivity index (χ3v) is 6.11. The molecule has 0 nitrogen and oxygen atoms in total. The largest absolute Gasteiger partial charge is 0.206 e. The summed E-state index contributed by atoms with van der Waals surface area (Å²) in [4.78, 5) is 0. The standard InChI is InChI=1S/C18H9F6P/c19-10-4-1-5-11(20)16(10)25(17-12(21)6-2-7-13(17)22)18-14(23)8-3-9-15(18)24/h1-9H. The van der Waals surface area contributed by atoms with Crippen molar-refractivity contribution in [1.82, 2.24) is 0 Å². The monoisotopic (exact) mass is 370 g/mol. The molecule has 25 heavy (non-hydrogen) atoms. The van der Waals surface area contributed by atoms with E-state index in [1.807, 2.05) is 0 Å². The molecule has 0 saturated carbocycles. The van der Waals surface area contributed by atoms with Crippen LogP contribution in [-0.2, 0) is 0 Å². The fourth-order valence-electron chi connectivity index (χ4n) is 2.44. The van der Waals surface area contributed by atoms with Crippen LogP contribution >= 0.6 is 7.92 Å². The second kappa shape index (κ2) is 6.89. The molecule has 0 aromatic heterocycles. The molecule has 0 radical (unpaired) electrons. The molecular formula is C18H9F6P. The van der Waals surface area contributed by atoms with Crippen LogP contribution in [0.15, 0.2) is 54.6 Å². The molecule has 0 heterocycles. The Morgan fingerprint density at radius 2 is 0.600 bits per heavy atom. The van der Waals surface area contributed by atoms with E-state index >= 15 is 0 Å². The van der Waals surface area contributed by atoms with E-state index in [2.05, 4.69) is 0 Å². The predicted octanol–water partition coefficient (Wildman–Crippen LogP) is 4.28. The Morgan fingerprint density at radius 1 is 0.400 bits per heavy atom. The van der Waals surface area contributed by atoms with E-state index in [1.54, 1.807) is 0 Å². The zero-order valence-corrected chi connectivity index (χ0v) is 13.3. The number of halogens is 6. The highest BCUT2D eigenvalue weighted by Crippen LogP contribution is 2.38. The summed E-state index contributed by atoms with van der Waals surface area (Å²) in [5, 5.41) is -2.32. The Hall–Kier alpha value is -2.33. The highest BCUT2D eigenvalue weighted by Gasteiger charge is 2.32. The lowest BCUT2D eigenvalue weighted by atomic mass is 10.3. The average molecular weight is 370 g/mol. The molecule has 128 valence electrons. The zero-order chi connectivity index (χ0) is 18.1. The van der Waals surface area contributed by atoms with Crippen molar-refractivity contribution in [1.29, 1.82) is 0 Å². The van der Waals surface area contributed by atoms with Crippen LogP contribution in [0.2, 0.25) is 0 Å². The van der Waals surface area contributed by atoms with Gasteiger partial charge in [0.1, 0.15) is 34.9 Å². The van der Waals surface area contributed by atoms with Gasteiger partial charge in [-0.25, -0.2) is 26.3 Å². The quantitative estimate of drug-likeness (QED) is 0.477. The van der Waals surface area contributed by atoms with E-state index < -0.39 is 58.7 Å². The van der Waals surface area contributed by atoms with Gasteiger partial charge in [0.05, 0.1) is 15.9 Å². The lowest BCUT2D eigenvalue weighted by Crippen LogP contribution is -2.32. The van der Waals surface area contributed by atoms with Gasteiger partial charge < -0.3 is 0 Å². The number of hydrogen-bond acceptors (Lipinski definition) is 0. The SMILES string of the molecule is Fc1cccc(F)c1P(c1c(F)cccc1F)c1c(F)cccc1F. The van der Waals surface area contributed by atoms with Gasteiger partial charge >= 0.3 is 0 Å². The second-order valence-corrected chi connectivity index (χ2v) is 7.06. The van der Waals surface area contributed by atoms with Crippen molar-refractivity contribution in [3.63, 3.8) is 0 Å². The van der Waals surface area contributed by atoms with Gasteiger partial charge in [0, 0.05) is 7.92 Å². The third-order valence-electron chi connectivity index (χ3n) is 3.48. The number of benzene rings is 3. The Labute approximate surface area is 140 Å². The summed E-state index contributed by atoms with van der Waals surface area (Å²) >= 11 is 0. The Balaban J connectivity index is 2.42. The van der Waals surface area contributed by atoms with Crippen LogP contribution in [0.5, 0.6) is 0 Å². The minimum atomic E-state index is -2.82. The van der Waals surface area contributed by atoms with Crippen molar-refractivity contribution in [3.8, 4) is 0 Å². The molecule has 0 unspecified atom stereocenters. The molecular weight excluding hydrogens is 361 g/mol. The van der Waals surface area contributed by atoms with Crippen molar-refractivity contribution in [2.45, 2.75) is 0 Å². The molecule has 7 heteroatoms. The molecule has 3 rings (SSSR count). The topological polar surface area (TPSA) is 0 Å². The van der Waals surface area contributed by atoms with Gasteiger partial charge in [-0.15, -0.1) is 0 Å². The molecule has 0 aliphatic carbocycles. The minimum absolute atomic E-state index is 0.773. The summed E-state index contributed by atoms with van der Waals surface area (Å²) in [6.07, 6.45) is 0. The molecule has 0 spiro atoms. The fraction of sp³-hybridized carbons (Fsp3) is 0. The molecule has 0 N–H and O–H groups in total. The van der Waals surface area contributed by atoms with Gasteiger partial charge in [-0.1, -0.05) is 18.2 Å². The first-order valence-corrected chi connectivity index (χ1v) is 8.38. The molecule has 0 saturated heterocycles. The van der Waals surface area contributed by atoms with E-state index in [-0.39, 0.29) is 0 Å². The minimum Gasteiger partial charge on any atom is -0.206 e. The van der Waals surface area contributed by atoms with Crippen LogP contribution in [0.1, 0.15) is 0 Å². The van der Waals surface area contributed by atoms with Gasteiger partial charge in [0.15, 0.2) is 0 Å². The molecule has 3 aromatic carbocycles. The first-order valence-electron chi connectivity index (χ1n) is 7.04. The average Bonchev–Trinajstić information content (AvgIpc) is 2.53. The zero-order valence-electron chi connectivity index (χ0n) is 12.4. The van der Waals surface area contributed by atoms with Crippen LogP contribution in [-0.4, -0.2) is 0 Å². The molecule has 0 atom stereocenters. The number of rotatable bonds is 3. The summed E-state index contributed by atoms with van der Waals surface area (Å²) in [6, 6.07) is 8.36. The molecule has 3 aromatic rings. The molecule has 0 fully saturated rings. The lowest BCUT2D eigenvalue weighted by Gasteiger charge is -2.22.